The van der Waals surface area contributed by atoms with Crippen molar-refractivity contribution in [3.05, 3.63) is 227 Å². The molecule has 0 saturated carbocycles. The molecule has 6 atom stereocenters. The molecular formula is C114H96N12O8S4. The number of carbonyl (C=O) groups is 8. The van der Waals surface area contributed by atoms with Gasteiger partial charge in [0, 0.05) is 146 Å². The van der Waals surface area contributed by atoms with Crippen LogP contribution in [0.15, 0.2) is 109 Å². The van der Waals surface area contributed by atoms with E-state index < -0.39 is 11.8 Å². The number of hydrogen-bond donors (Lipinski definition) is 0. The zero-order chi connectivity index (χ0) is 97.8. The number of carbonyl (C=O) groups excluding carboxylic acids is 8. The fraction of sp³-hybridized carbons (Fsp3) is 0.316. The molecule has 8 amide bonds. The van der Waals surface area contributed by atoms with E-state index in [1.165, 1.54) is 9.80 Å². The first kappa shape index (κ1) is 92.7. The minimum Gasteiger partial charge on any atom is -0.296 e. The minimum absolute atomic E-state index is 0.0838. The van der Waals surface area contributed by atoms with Crippen LogP contribution in [0, 0.1) is 53.7 Å². The van der Waals surface area contributed by atoms with E-state index in [0.29, 0.717) is 170 Å². The maximum absolute atomic E-state index is 14.2. The van der Waals surface area contributed by atoms with Crippen LogP contribution in [0.3, 0.4) is 0 Å². The zero-order valence-corrected chi connectivity index (χ0v) is 82.1. The van der Waals surface area contributed by atoms with Crippen LogP contribution in [0.5, 0.6) is 0 Å². The molecule has 0 N–H and O–H groups in total. The Morgan fingerprint density at radius 3 is 0.688 bits per heavy atom. The third-order valence-corrected chi connectivity index (χ3v) is 31.5. The third-order valence-electron chi connectivity index (χ3n) is 29.9. The van der Waals surface area contributed by atoms with Crippen LogP contribution in [-0.4, -0.2) is 133 Å². The standard InChI is InChI=1S/C38H32N4O4.2C38H32N4O2S2/c1-6-8-10-19(3)41-35(43)24-15-13-23-32-28(40-5)17-27-31-25(36(44)42(38(27)46)20(4)11-9-7-2)14-12-22(34(31)32)29-21(18-39)16-26(37(41)45)30(24)33(23)29;1-6-8-10-19(3)41-35(43)26-16-21(18-39)29-22-12-14-25-31-27(36(44)42(38(25)46)20(4)11-9-7-2)17-28(40-5)32(34(22)31)23-13-15-24(37(41)45)30(26)33(23)29;1-6-8-10-19(3)41-35(43)24-15-13-23-32-28(40-5)17-27-31-25(36(44)42(38(27)46)20(4)11-9-7-2)14-12-22(34(31)32)29-21(18-39)16-26(37(41)45)30(24)33(23)29/h3*12-17,19-20H,6-11H2,1-4H3/t3*19-,20-/m000/s1. The highest BCUT2D eigenvalue weighted by atomic mass is 32.1. The lowest BCUT2D eigenvalue weighted by atomic mass is 9.80. The molecule has 0 fully saturated rings. The van der Waals surface area contributed by atoms with E-state index in [-0.39, 0.29) is 88.5 Å². The van der Waals surface area contributed by atoms with E-state index in [4.69, 9.17) is 68.6 Å². The van der Waals surface area contributed by atoms with Crippen LogP contribution in [-0.2, 0) is 0 Å². The van der Waals surface area contributed by atoms with Crippen molar-refractivity contribution in [2.75, 3.05) is 0 Å². The molecule has 684 valence electrons. The van der Waals surface area contributed by atoms with Crippen LogP contribution in [0.4, 0.5) is 17.1 Å². The molecule has 24 heteroatoms. The number of fused-ring (bicyclic) bond motifs is 6. The summed E-state index contributed by atoms with van der Waals surface area (Å²) in [5.74, 6) is -2.29. The molecule has 15 aromatic rings. The lowest BCUT2D eigenvalue weighted by Crippen LogP contribution is -2.46. The number of nitriles is 3. The average molecular weight is 1890 g/mol. The molecule has 6 aliphatic rings. The van der Waals surface area contributed by atoms with Gasteiger partial charge in [0.25, 0.3) is 47.3 Å². The van der Waals surface area contributed by atoms with Crippen LogP contribution in [0.1, 0.15) is 320 Å². The van der Waals surface area contributed by atoms with Gasteiger partial charge < -0.3 is 0 Å². The minimum atomic E-state index is -0.434. The summed E-state index contributed by atoms with van der Waals surface area (Å²) in [4.78, 5) is 135. The van der Waals surface area contributed by atoms with Crippen molar-refractivity contribution in [1.29, 1.82) is 15.8 Å². The van der Waals surface area contributed by atoms with Gasteiger partial charge >= 0.3 is 0 Å². The first-order valence-electron chi connectivity index (χ1n) is 48.0. The topological polar surface area (TPSA) is 240 Å². The number of hydrogen-bond acceptors (Lipinski definition) is 15. The van der Waals surface area contributed by atoms with Crippen LogP contribution < -0.4 is 0 Å². The Balaban J connectivity index is 0.000000132. The van der Waals surface area contributed by atoms with E-state index in [0.717, 1.165) is 178 Å². The highest BCUT2D eigenvalue weighted by molar-refractivity contribution is 7.81. The second-order valence-electron chi connectivity index (χ2n) is 38.0. The van der Waals surface area contributed by atoms with E-state index >= 15 is 0 Å². The van der Waals surface area contributed by atoms with Gasteiger partial charge in [0.15, 0.2) is 17.1 Å². The highest BCUT2D eigenvalue weighted by Crippen LogP contribution is 2.56. The van der Waals surface area contributed by atoms with Crippen molar-refractivity contribution < 1.29 is 38.4 Å². The van der Waals surface area contributed by atoms with Gasteiger partial charge in [-0.3, -0.25) is 67.8 Å². The fourth-order valence-electron chi connectivity index (χ4n) is 23.2. The Morgan fingerprint density at radius 1 is 0.246 bits per heavy atom. The molecule has 0 unspecified atom stereocenters. The molecule has 0 saturated heterocycles. The van der Waals surface area contributed by atoms with Crippen molar-refractivity contribution in [3.63, 3.8) is 0 Å². The monoisotopic (exact) mass is 1890 g/mol. The van der Waals surface area contributed by atoms with Crippen LogP contribution in [0.2, 0.25) is 0 Å². The molecule has 0 radical (unpaired) electrons. The molecule has 0 bridgehead atoms. The Labute approximate surface area is 820 Å². The number of thiocarbonyl (C=S) groups is 4. The first-order valence-corrected chi connectivity index (χ1v) is 49.7. The van der Waals surface area contributed by atoms with Crippen molar-refractivity contribution in [1.82, 2.24) is 29.4 Å². The van der Waals surface area contributed by atoms with Gasteiger partial charge in [-0.05, 0) is 222 Å². The molecule has 138 heavy (non-hydrogen) atoms. The van der Waals surface area contributed by atoms with Gasteiger partial charge in [0.2, 0.25) is 0 Å². The lowest BCUT2D eigenvalue weighted by Gasteiger charge is -2.36. The van der Waals surface area contributed by atoms with Gasteiger partial charge in [-0.2, -0.15) is 15.8 Å². The smallest absolute Gasteiger partial charge is 0.261 e. The summed E-state index contributed by atoms with van der Waals surface area (Å²) in [5.41, 5.74) is 8.36. The van der Waals surface area contributed by atoms with Gasteiger partial charge in [0.05, 0.1) is 60.2 Å². The number of rotatable bonds is 24. The molecule has 20 nitrogen and oxygen atoms in total. The molecule has 21 rings (SSSR count). The summed E-state index contributed by atoms with van der Waals surface area (Å²) in [6.45, 7) is 49.2. The van der Waals surface area contributed by atoms with E-state index in [2.05, 4.69) is 74.3 Å². The zero-order valence-electron chi connectivity index (χ0n) is 78.8. The van der Waals surface area contributed by atoms with E-state index in [9.17, 15) is 54.1 Å². The number of unbranched alkanes of at least 4 members (excludes halogenated alkanes) is 6. The highest BCUT2D eigenvalue weighted by Gasteiger charge is 2.46. The second kappa shape index (κ2) is 35.7. The Hall–Kier alpha value is -14.3. The maximum atomic E-state index is 14.2. The second-order valence-corrected chi connectivity index (χ2v) is 39.5. The fourth-order valence-corrected chi connectivity index (χ4v) is 24.9. The molecule has 0 aromatic heterocycles. The first-order chi connectivity index (χ1) is 66.6. The van der Waals surface area contributed by atoms with Crippen LogP contribution >= 0.6 is 48.9 Å². The number of amides is 8. The van der Waals surface area contributed by atoms with Crippen LogP contribution in [0.25, 0.3) is 144 Å². The average Bonchev–Trinajstić information content (AvgIpc) is 0.686. The maximum Gasteiger partial charge on any atom is 0.261 e. The van der Waals surface area contributed by atoms with Gasteiger partial charge in [-0.1, -0.05) is 216 Å². The quantitative estimate of drug-likeness (QED) is 0.0180. The molecule has 0 aliphatic carbocycles. The predicted octanol–water partition coefficient (Wildman–Crippen LogP) is 27.7. The van der Waals surface area contributed by atoms with E-state index in [1.807, 2.05) is 102 Å². The summed E-state index contributed by atoms with van der Waals surface area (Å²) in [5, 5.41) is 47.7. The Morgan fingerprint density at radius 2 is 0.428 bits per heavy atom. The number of imide groups is 2. The largest absolute Gasteiger partial charge is 0.296 e. The summed E-state index contributed by atoms with van der Waals surface area (Å²) in [6.07, 6.45) is 16.2. The van der Waals surface area contributed by atoms with Gasteiger partial charge in [-0.25, -0.2) is 14.5 Å². The van der Waals surface area contributed by atoms with Crippen molar-refractivity contribution in [2.45, 2.75) is 235 Å². The van der Waals surface area contributed by atoms with Gasteiger partial charge in [0.1, 0.15) is 20.0 Å². The predicted molar refractivity (Wildman–Crippen MR) is 562 cm³/mol. The molecular weight excluding hydrogens is 1790 g/mol. The summed E-state index contributed by atoms with van der Waals surface area (Å²) >= 11 is 24.0. The van der Waals surface area contributed by atoms with Crippen molar-refractivity contribution >= 4 is 262 Å². The molecule has 6 heterocycles. The SMILES string of the molecule is [C-]#[N+]c1cc2c3c(ccc4c5c(C#N)cc6c7c(ccc(c1c34)c75)C(=O)N([C@@H](C)CCCC)C6=O)C(=O)N([C@@H](C)CCCC)C2=O.[C-]#[N+]c1cc2c3c(ccc4c5c(C#N)cc6c7c(ccc(c1c34)c75)C(=O)N([C@@H](C)CCCC)C6=S)C(=O)N([C@@H](C)CCCC)C2=S.[C-]#[N+]c1cc2c3c(ccc4c5c(C#N)cc6c7c(ccc(c1c34)c75)C(=S)N([C@@H](C)CCCC)C6=O)C(=S)N([C@@H](C)CCCC)C2=O. The molecule has 6 aliphatic heterocycles. The summed E-state index contributed by atoms with van der Waals surface area (Å²) in [7, 11) is 0. The van der Waals surface area contributed by atoms with Gasteiger partial charge in [-0.15, -0.1) is 0 Å². The summed E-state index contributed by atoms with van der Waals surface area (Å²) in [6, 6.07) is 38.6. The van der Waals surface area contributed by atoms with Crippen molar-refractivity contribution in [3.8, 4) is 18.2 Å². The van der Waals surface area contributed by atoms with E-state index in [1.54, 1.807) is 68.1 Å². The number of benzene rings is 15. The molecule has 15 aromatic carbocycles. The lowest BCUT2D eigenvalue weighted by molar-refractivity contribution is 0.0527. The Bertz CT molecular complexity index is 7160. The number of nitrogens with zero attached hydrogens (tertiary/aromatic N) is 12. The normalized spacial score (nSPS) is 15.8. The van der Waals surface area contributed by atoms with Crippen molar-refractivity contribution in [2.24, 2.45) is 0 Å². The summed E-state index contributed by atoms with van der Waals surface area (Å²) < 4.78 is 0. The third kappa shape index (κ3) is 13.4. The molecule has 0 spiro atoms. The Kier molecular flexibility index (Phi) is 24.0.